The van der Waals surface area contributed by atoms with E-state index in [1.807, 2.05) is 0 Å². The number of carbonyl (C=O) groups excluding carboxylic acids is 1. The summed E-state index contributed by atoms with van der Waals surface area (Å²) in [6.07, 6.45) is 4.74. The first-order valence-electron chi connectivity index (χ1n) is 8.79. The Labute approximate surface area is 136 Å². The van der Waals surface area contributed by atoms with Crippen LogP contribution in [0, 0.1) is 0 Å². The van der Waals surface area contributed by atoms with Crippen LogP contribution < -0.4 is 5.32 Å². The number of anilines is 1. The van der Waals surface area contributed by atoms with Gasteiger partial charge in [0.2, 0.25) is 5.91 Å². The van der Waals surface area contributed by atoms with Gasteiger partial charge in [0.15, 0.2) is 0 Å². The van der Waals surface area contributed by atoms with Crippen LogP contribution in [0.5, 0.6) is 0 Å². The standard InChI is InChI=1S/C19H32N2O/c1-5-13-21(14-6-2)15-12-18(22)20-19-16(7-3)10-9-11-17(19)8-4/h9-11H,5-8,12-15H2,1-4H3,(H,20,22). The fourth-order valence-corrected chi connectivity index (χ4v) is 2.83. The molecule has 0 bridgehead atoms. The molecule has 0 saturated carbocycles. The topological polar surface area (TPSA) is 32.3 Å². The first-order valence-corrected chi connectivity index (χ1v) is 8.79. The number of nitrogens with zero attached hydrogens (tertiary/aromatic N) is 1. The molecule has 1 aromatic carbocycles. The number of carbonyl (C=O) groups is 1. The molecule has 3 nitrogen and oxygen atoms in total. The molecule has 0 aliphatic rings. The highest BCUT2D eigenvalue weighted by Crippen LogP contribution is 2.22. The van der Waals surface area contributed by atoms with Gasteiger partial charge in [-0.05, 0) is 49.9 Å². The molecule has 1 aromatic rings. The van der Waals surface area contributed by atoms with Crippen LogP contribution >= 0.6 is 0 Å². The summed E-state index contributed by atoms with van der Waals surface area (Å²) in [5.41, 5.74) is 3.49. The Hall–Kier alpha value is -1.35. The Bertz CT molecular complexity index is 428. The van der Waals surface area contributed by atoms with Crippen molar-refractivity contribution >= 4 is 11.6 Å². The number of benzene rings is 1. The van der Waals surface area contributed by atoms with Crippen LogP contribution in [-0.4, -0.2) is 30.4 Å². The van der Waals surface area contributed by atoms with Crippen LogP contribution in [0.25, 0.3) is 0 Å². The highest BCUT2D eigenvalue weighted by atomic mass is 16.1. The molecule has 0 saturated heterocycles. The Morgan fingerprint density at radius 1 is 0.955 bits per heavy atom. The van der Waals surface area contributed by atoms with Gasteiger partial charge in [0.05, 0.1) is 0 Å². The number of aryl methyl sites for hydroxylation is 2. The highest BCUT2D eigenvalue weighted by Gasteiger charge is 2.11. The first kappa shape index (κ1) is 18.7. The first-order chi connectivity index (χ1) is 10.7. The van der Waals surface area contributed by atoms with Crippen LogP contribution in [-0.2, 0) is 17.6 Å². The molecule has 1 rings (SSSR count). The Balaban J connectivity index is 2.65. The fraction of sp³-hybridized carbons (Fsp3) is 0.632. The SMILES string of the molecule is CCCN(CCC)CCC(=O)Nc1c(CC)cccc1CC. The van der Waals surface area contributed by atoms with E-state index >= 15 is 0 Å². The molecule has 0 heterocycles. The van der Waals surface area contributed by atoms with E-state index in [0.29, 0.717) is 6.42 Å². The van der Waals surface area contributed by atoms with Gasteiger partial charge in [0.1, 0.15) is 0 Å². The average molecular weight is 304 g/mol. The summed E-state index contributed by atoms with van der Waals surface area (Å²) < 4.78 is 0. The Kier molecular flexibility index (Phi) is 8.83. The third-order valence-corrected chi connectivity index (χ3v) is 4.00. The van der Waals surface area contributed by atoms with Gasteiger partial charge >= 0.3 is 0 Å². The summed E-state index contributed by atoms with van der Waals surface area (Å²) in [5, 5.41) is 3.15. The van der Waals surface area contributed by atoms with Crippen molar-refractivity contribution in [3.05, 3.63) is 29.3 Å². The van der Waals surface area contributed by atoms with Gasteiger partial charge in [-0.15, -0.1) is 0 Å². The predicted octanol–water partition coefficient (Wildman–Crippen LogP) is 4.26. The molecule has 3 heteroatoms. The summed E-state index contributed by atoms with van der Waals surface area (Å²) in [4.78, 5) is 14.7. The maximum Gasteiger partial charge on any atom is 0.225 e. The van der Waals surface area contributed by atoms with Crippen molar-refractivity contribution in [2.75, 3.05) is 25.0 Å². The maximum absolute atomic E-state index is 12.3. The molecule has 0 spiro atoms. The van der Waals surface area contributed by atoms with Crippen LogP contribution in [0.2, 0.25) is 0 Å². The zero-order valence-corrected chi connectivity index (χ0v) is 14.7. The van der Waals surface area contributed by atoms with Gasteiger partial charge < -0.3 is 10.2 Å². The lowest BCUT2D eigenvalue weighted by atomic mass is 10.0. The smallest absolute Gasteiger partial charge is 0.225 e. The summed E-state index contributed by atoms with van der Waals surface area (Å²) >= 11 is 0. The van der Waals surface area contributed by atoms with Crippen molar-refractivity contribution in [3.8, 4) is 0 Å². The van der Waals surface area contributed by atoms with Crippen molar-refractivity contribution < 1.29 is 4.79 Å². The van der Waals surface area contributed by atoms with Crippen molar-refractivity contribution in [1.29, 1.82) is 0 Å². The van der Waals surface area contributed by atoms with E-state index in [1.165, 1.54) is 11.1 Å². The van der Waals surface area contributed by atoms with Crippen LogP contribution in [0.15, 0.2) is 18.2 Å². The molecule has 0 atom stereocenters. The summed E-state index contributed by atoms with van der Waals surface area (Å²) in [5.74, 6) is 0.132. The van der Waals surface area contributed by atoms with E-state index < -0.39 is 0 Å². The zero-order chi connectivity index (χ0) is 16.4. The van der Waals surface area contributed by atoms with E-state index in [0.717, 1.165) is 51.0 Å². The third kappa shape index (κ3) is 5.80. The second-order valence-electron chi connectivity index (χ2n) is 5.80. The molecule has 0 aliphatic carbocycles. The third-order valence-electron chi connectivity index (χ3n) is 4.00. The quantitative estimate of drug-likeness (QED) is 0.700. The van der Waals surface area contributed by atoms with Gasteiger partial charge in [-0.3, -0.25) is 4.79 Å². The minimum absolute atomic E-state index is 0.132. The summed E-state index contributed by atoms with van der Waals surface area (Å²) in [6, 6.07) is 6.29. The highest BCUT2D eigenvalue weighted by molar-refractivity contribution is 5.92. The second kappa shape index (κ2) is 10.4. The largest absolute Gasteiger partial charge is 0.326 e. The van der Waals surface area contributed by atoms with Crippen LogP contribution in [0.1, 0.15) is 58.1 Å². The minimum Gasteiger partial charge on any atom is -0.326 e. The van der Waals surface area contributed by atoms with Gasteiger partial charge in [-0.25, -0.2) is 0 Å². The second-order valence-corrected chi connectivity index (χ2v) is 5.80. The van der Waals surface area contributed by atoms with E-state index in [2.05, 4.69) is 56.1 Å². The molecule has 1 N–H and O–H groups in total. The van der Waals surface area contributed by atoms with Crippen molar-refractivity contribution in [2.45, 2.75) is 59.8 Å². The normalized spacial score (nSPS) is 11.0. The molecule has 1 amide bonds. The molecule has 0 fully saturated rings. The van der Waals surface area contributed by atoms with Crippen LogP contribution in [0.4, 0.5) is 5.69 Å². The van der Waals surface area contributed by atoms with E-state index in [-0.39, 0.29) is 5.91 Å². The van der Waals surface area contributed by atoms with E-state index in [4.69, 9.17) is 0 Å². The summed E-state index contributed by atoms with van der Waals surface area (Å²) in [6.45, 7) is 11.6. The lowest BCUT2D eigenvalue weighted by molar-refractivity contribution is -0.116. The average Bonchev–Trinajstić information content (AvgIpc) is 2.53. The monoisotopic (exact) mass is 304 g/mol. The number of amides is 1. The van der Waals surface area contributed by atoms with E-state index in [1.54, 1.807) is 0 Å². The predicted molar refractivity (Wildman–Crippen MR) is 95.5 cm³/mol. The zero-order valence-electron chi connectivity index (χ0n) is 14.7. The van der Waals surface area contributed by atoms with Crippen molar-refractivity contribution in [2.24, 2.45) is 0 Å². The molecular formula is C19H32N2O. The van der Waals surface area contributed by atoms with Gasteiger partial charge in [0, 0.05) is 18.7 Å². The van der Waals surface area contributed by atoms with Gasteiger partial charge in [0.25, 0.3) is 0 Å². The number of nitrogens with one attached hydrogen (secondary N) is 1. The molecule has 22 heavy (non-hydrogen) atoms. The number of para-hydroxylation sites is 1. The van der Waals surface area contributed by atoms with E-state index in [9.17, 15) is 4.79 Å². The summed E-state index contributed by atoms with van der Waals surface area (Å²) in [7, 11) is 0. The van der Waals surface area contributed by atoms with Crippen molar-refractivity contribution in [3.63, 3.8) is 0 Å². The van der Waals surface area contributed by atoms with Crippen molar-refractivity contribution in [1.82, 2.24) is 4.90 Å². The van der Waals surface area contributed by atoms with Crippen LogP contribution in [0.3, 0.4) is 0 Å². The lowest BCUT2D eigenvalue weighted by Gasteiger charge is -2.21. The molecule has 0 unspecified atom stereocenters. The molecule has 0 radical (unpaired) electrons. The Morgan fingerprint density at radius 2 is 1.50 bits per heavy atom. The lowest BCUT2D eigenvalue weighted by Crippen LogP contribution is -2.29. The number of rotatable bonds is 10. The minimum atomic E-state index is 0.132. The Morgan fingerprint density at radius 3 is 1.95 bits per heavy atom. The molecule has 124 valence electrons. The van der Waals surface area contributed by atoms with Gasteiger partial charge in [-0.2, -0.15) is 0 Å². The molecule has 0 aliphatic heterocycles. The molecular weight excluding hydrogens is 272 g/mol. The number of hydrogen-bond donors (Lipinski definition) is 1. The number of hydrogen-bond acceptors (Lipinski definition) is 2. The van der Waals surface area contributed by atoms with Gasteiger partial charge in [-0.1, -0.05) is 45.9 Å². The fourth-order valence-electron chi connectivity index (χ4n) is 2.83. The maximum atomic E-state index is 12.3. The molecule has 0 aromatic heterocycles.